The molecule has 2 nitrogen and oxygen atoms in total. The molecule has 0 saturated heterocycles. The van der Waals surface area contributed by atoms with Gasteiger partial charge in [-0.15, -0.1) is 6.42 Å². The number of benzene rings is 3. The number of terminal acetylenes is 1. The van der Waals surface area contributed by atoms with Crippen LogP contribution in [0.5, 0.6) is 11.5 Å². The van der Waals surface area contributed by atoms with Crippen LogP contribution in [-0.2, 0) is 0 Å². The van der Waals surface area contributed by atoms with Crippen LogP contribution in [0, 0.1) is 12.3 Å². The number of anilines is 2. The molecule has 3 aromatic carbocycles. The van der Waals surface area contributed by atoms with Crippen molar-refractivity contribution in [2.24, 2.45) is 0 Å². The maximum atomic E-state index is 5.99. The molecule has 0 aromatic heterocycles. The number of ether oxygens (including phenoxy) is 1. The van der Waals surface area contributed by atoms with Gasteiger partial charge in [0, 0.05) is 11.1 Å². The summed E-state index contributed by atoms with van der Waals surface area (Å²) in [6.07, 6.45) is 5.42. The fourth-order valence-corrected chi connectivity index (χ4v) is 2.64. The zero-order valence-corrected chi connectivity index (χ0v) is 11.8. The summed E-state index contributed by atoms with van der Waals surface area (Å²) in [5.74, 6) is 4.31. The van der Waals surface area contributed by atoms with Crippen LogP contribution in [0.25, 0.3) is 11.1 Å². The molecule has 0 spiro atoms. The van der Waals surface area contributed by atoms with E-state index in [2.05, 4.69) is 17.3 Å². The van der Waals surface area contributed by atoms with Crippen LogP contribution in [0.4, 0.5) is 11.4 Å². The Morgan fingerprint density at radius 3 is 2.41 bits per heavy atom. The number of rotatable bonds is 1. The Hall–Kier alpha value is -3.18. The van der Waals surface area contributed by atoms with Crippen LogP contribution in [0.1, 0.15) is 5.56 Å². The summed E-state index contributed by atoms with van der Waals surface area (Å²) in [5, 5.41) is 3.47. The lowest BCUT2D eigenvalue weighted by Crippen LogP contribution is -2.03. The predicted molar refractivity (Wildman–Crippen MR) is 89.6 cm³/mol. The van der Waals surface area contributed by atoms with Gasteiger partial charge in [0.05, 0.1) is 11.4 Å². The van der Waals surface area contributed by atoms with Crippen LogP contribution >= 0.6 is 0 Å². The molecule has 0 unspecified atom stereocenters. The smallest absolute Gasteiger partial charge is 0.151 e. The van der Waals surface area contributed by atoms with E-state index in [1.807, 2.05) is 60.7 Å². The highest BCUT2D eigenvalue weighted by molar-refractivity contribution is 5.88. The first-order valence-electron chi connectivity index (χ1n) is 7.09. The number of hydrogen-bond acceptors (Lipinski definition) is 2. The predicted octanol–water partition coefficient (Wildman–Crippen LogP) is 5.18. The molecule has 0 radical (unpaired) electrons. The Morgan fingerprint density at radius 2 is 1.59 bits per heavy atom. The van der Waals surface area contributed by atoms with Crippen molar-refractivity contribution < 1.29 is 4.74 Å². The molecule has 2 heteroatoms. The molecular formula is C20H13NO. The molecule has 0 bridgehead atoms. The Morgan fingerprint density at radius 1 is 0.818 bits per heavy atom. The van der Waals surface area contributed by atoms with Crippen LogP contribution in [0.2, 0.25) is 0 Å². The van der Waals surface area contributed by atoms with Gasteiger partial charge in [-0.25, -0.2) is 0 Å². The Balaban J connectivity index is 1.82. The summed E-state index contributed by atoms with van der Waals surface area (Å²) >= 11 is 0. The second-order valence-corrected chi connectivity index (χ2v) is 5.12. The number of hydrogen-bond donors (Lipinski definition) is 1. The monoisotopic (exact) mass is 283 g/mol. The zero-order chi connectivity index (χ0) is 14.9. The van der Waals surface area contributed by atoms with Gasteiger partial charge in [-0.05, 0) is 35.9 Å². The van der Waals surface area contributed by atoms with E-state index in [0.717, 1.165) is 39.6 Å². The molecular weight excluding hydrogens is 270 g/mol. The third-order valence-electron chi connectivity index (χ3n) is 3.76. The van der Waals surface area contributed by atoms with Crippen LogP contribution < -0.4 is 10.1 Å². The van der Waals surface area contributed by atoms with E-state index in [9.17, 15) is 0 Å². The molecule has 4 rings (SSSR count). The fourth-order valence-electron chi connectivity index (χ4n) is 2.64. The standard InChI is InChI=1S/C20H13NO/c1-2-14-10-12-15(13-11-14)16-6-5-9-19-20(16)21-17-7-3-4-8-18(17)22-19/h1,3-13,21H. The molecule has 22 heavy (non-hydrogen) atoms. The second kappa shape index (κ2) is 4.98. The van der Waals surface area contributed by atoms with Crippen molar-refractivity contribution in [2.75, 3.05) is 5.32 Å². The summed E-state index contributed by atoms with van der Waals surface area (Å²) in [4.78, 5) is 0. The maximum absolute atomic E-state index is 5.99. The quantitative estimate of drug-likeness (QED) is 0.486. The second-order valence-electron chi connectivity index (χ2n) is 5.12. The summed E-state index contributed by atoms with van der Waals surface area (Å²) in [6.45, 7) is 0. The average molecular weight is 283 g/mol. The molecule has 0 fully saturated rings. The summed E-state index contributed by atoms with van der Waals surface area (Å²) in [6, 6.07) is 21.9. The normalized spacial score (nSPS) is 11.4. The fraction of sp³-hybridized carbons (Fsp3) is 0. The summed E-state index contributed by atoms with van der Waals surface area (Å²) in [7, 11) is 0. The van der Waals surface area contributed by atoms with Gasteiger partial charge in [0.1, 0.15) is 0 Å². The summed E-state index contributed by atoms with van der Waals surface area (Å²) in [5.41, 5.74) is 5.03. The van der Waals surface area contributed by atoms with Crippen molar-refractivity contribution in [1.82, 2.24) is 0 Å². The first-order valence-corrected chi connectivity index (χ1v) is 7.09. The zero-order valence-electron chi connectivity index (χ0n) is 11.8. The van der Waals surface area contributed by atoms with Gasteiger partial charge in [-0.2, -0.15) is 0 Å². The van der Waals surface area contributed by atoms with E-state index in [-0.39, 0.29) is 0 Å². The van der Waals surface area contributed by atoms with Gasteiger partial charge in [0.2, 0.25) is 0 Å². The summed E-state index contributed by atoms with van der Waals surface area (Å²) < 4.78 is 5.99. The van der Waals surface area contributed by atoms with Gasteiger partial charge < -0.3 is 10.1 Å². The van der Waals surface area contributed by atoms with Crippen LogP contribution in [0.15, 0.2) is 66.7 Å². The molecule has 0 atom stereocenters. The van der Waals surface area contributed by atoms with Gasteiger partial charge in [-0.3, -0.25) is 0 Å². The highest BCUT2D eigenvalue weighted by Crippen LogP contribution is 2.46. The molecule has 0 amide bonds. The van der Waals surface area contributed by atoms with Gasteiger partial charge in [-0.1, -0.05) is 42.3 Å². The highest BCUT2D eigenvalue weighted by Gasteiger charge is 2.19. The molecule has 1 aliphatic rings. The Bertz CT molecular complexity index is 888. The van der Waals surface area contributed by atoms with Crippen LogP contribution in [-0.4, -0.2) is 0 Å². The maximum Gasteiger partial charge on any atom is 0.151 e. The van der Waals surface area contributed by atoms with E-state index in [1.54, 1.807) is 0 Å². The Kier molecular flexibility index (Phi) is 2.84. The van der Waals surface area contributed by atoms with Crippen molar-refractivity contribution in [3.05, 3.63) is 72.3 Å². The number of fused-ring (bicyclic) bond motifs is 2. The first kappa shape index (κ1) is 12.6. The third kappa shape index (κ3) is 2.01. The molecule has 1 N–H and O–H groups in total. The topological polar surface area (TPSA) is 21.3 Å². The Labute approximate surface area is 129 Å². The average Bonchev–Trinajstić information content (AvgIpc) is 2.59. The molecule has 1 aliphatic heterocycles. The molecule has 0 aliphatic carbocycles. The minimum Gasteiger partial charge on any atom is -0.453 e. The van der Waals surface area contributed by atoms with Crippen molar-refractivity contribution in [3.63, 3.8) is 0 Å². The van der Waals surface area contributed by atoms with Gasteiger partial charge in [0.15, 0.2) is 11.5 Å². The molecule has 1 heterocycles. The molecule has 0 saturated carbocycles. The first-order chi connectivity index (χ1) is 10.8. The van der Waals surface area contributed by atoms with Crippen molar-refractivity contribution in [2.45, 2.75) is 0 Å². The van der Waals surface area contributed by atoms with Gasteiger partial charge >= 0.3 is 0 Å². The lowest BCUT2D eigenvalue weighted by molar-refractivity contribution is 0.481. The highest BCUT2D eigenvalue weighted by atomic mass is 16.5. The van der Waals surface area contributed by atoms with Crippen LogP contribution in [0.3, 0.4) is 0 Å². The van der Waals surface area contributed by atoms with E-state index >= 15 is 0 Å². The third-order valence-corrected chi connectivity index (χ3v) is 3.76. The number of para-hydroxylation sites is 3. The van der Waals surface area contributed by atoms with Crippen molar-refractivity contribution >= 4 is 11.4 Å². The largest absolute Gasteiger partial charge is 0.453 e. The van der Waals surface area contributed by atoms with E-state index < -0.39 is 0 Å². The minimum absolute atomic E-state index is 0.831. The van der Waals surface area contributed by atoms with Gasteiger partial charge in [0.25, 0.3) is 0 Å². The van der Waals surface area contributed by atoms with E-state index in [4.69, 9.17) is 11.2 Å². The molecule has 3 aromatic rings. The SMILES string of the molecule is C#Cc1ccc(-c2cccc3c2Nc2ccccc2O3)cc1. The van der Waals surface area contributed by atoms with E-state index in [0.29, 0.717) is 0 Å². The molecule has 104 valence electrons. The minimum atomic E-state index is 0.831. The van der Waals surface area contributed by atoms with Crippen molar-refractivity contribution in [1.29, 1.82) is 0 Å². The lowest BCUT2D eigenvalue weighted by atomic mass is 10.0. The number of nitrogens with one attached hydrogen (secondary N) is 1. The lowest BCUT2D eigenvalue weighted by Gasteiger charge is -2.24. The van der Waals surface area contributed by atoms with E-state index in [1.165, 1.54) is 0 Å². The van der Waals surface area contributed by atoms with Crippen molar-refractivity contribution in [3.8, 4) is 35.0 Å².